The van der Waals surface area contributed by atoms with E-state index in [0.717, 1.165) is 0 Å². The summed E-state index contributed by atoms with van der Waals surface area (Å²) in [7, 11) is 0. The van der Waals surface area contributed by atoms with Crippen LogP contribution in [0.25, 0.3) is 0 Å². The van der Waals surface area contributed by atoms with E-state index >= 15 is 0 Å². The molecule has 1 aromatic rings. The van der Waals surface area contributed by atoms with Crippen LogP contribution in [0.15, 0.2) is 18.3 Å². The smallest absolute Gasteiger partial charge is 0.258 e. The summed E-state index contributed by atoms with van der Waals surface area (Å²) >= 11 is 0. The van der Waals surface area contributed by atoms with E-state index in [2.05, 4.69) is 15.7 Å². The van der Waals surface area contributed by atoms with Crippen LogP contribution >= 0.6 is 0 Å². The predicted molar refractivity (Wildman–Crippen MR) is 70.3 cm³/mol. The van der Waals surface area contributed by atoms with Crippen molar-refractivity contribution in [2.75, 3.05) is 12.0 Å². The largest absolute Gasteiger partial charge is 0.317 e. The van der Waals surface area contributed by atoms with Gasteiger partial charge in [0.1, 0.15) is 12.6 Å². The highest BCUT2D eigenvalue weighted by Crippen LogP contribution is 2.18. The maximum Gasteiger partial charge on any atom is 0.258 e. The molecular weight excluding hydrogens is 262 g/mol. The van der Waals surface area contributed by atoms with E-state index in [4.69, 9.17) is 5.84 Å². The maximum absolute atomic E-state index is 12.5. The highest BCUT2D eigenvalue weighted by molar-refractivity contribution is 6.08. The molecule has 1 saturated heterocycles. The van der Waals surface area contributed by atoms with E-state index in [-0.39, 0.29) is 17.9 Å². The number of nitrogens with zero attached hydrogens (tertiary/aromatic N) is 2. The first-order valence-electron chi connectivity index (χ1n) is 6.14. The van der Waals surface area contributed by atoms with Crippen molar-refractivity contribution in [2.45, 2.75) is 19.4 Å². The molecule has 8 nitrogen and oxygen atoms in total. The van der Waals surface area contributed by atoms with E-state index in [0.29, 0.717) is 6.42 Å². The summed E-state index contributed by atoms with van der Waals surface area (Å²) in [6, 6.07) is 2.45. The molecule has 0 aromatic carbocycles. The molecule has 1 aliphatic rings. The number of imide groups is 1. The van der Waals surface area contributed by atoms with Gasteiger partial charge in [0.05, 0.1) is 5.56 Å². The Hall–Kier alpha value is -2.48. The van der Waals surface area contributed by atoms with Crippen LogP contribution in [0.5, 0.6) is 0 Å². The second kappa shape index (κ2) is 5.66. The molecule has 1 fully saturated rings. The Balaban J connectivity index is 2.35. The number of piperazine rings is 1. The van der Waals surface area contributed by atoms with Crippen molar-refractivity contribution < 1.29 is 14.4 Å². The van der Waals surface area contributed by atoms with Gasteiger partial charge in [-0.2, -0.15) is 0 Å². The van der Waals surface area contributed by atoms with Gasteiger partial charge >= 0.3 is 0 Å². The van der Waals surface area contributed by atoms with Crippen molar-refractivity contribution in [3.63, 3.8) is 0 Å². The van der Waals surface area contributed by atoms with Gasteiger partial charge in [0.2, 0.25) is 11.8 Å². The summed E-state index contributed by atoms with van der Waals surface area (Å²) in [6.07, 6.45) is 1.90. The summed E-state index contributed by atoms with van der Waals surface area (Å²) < 4.78 is 0. The van der Waals surface area contributed by atoms with E-state index in [9.17, 15) is 14.4 Å². The van der Waals surface area contributed by atoms with Crippen molar-refractivity contribution in [3.05, 3.63) is 23.9 Å². The summed E-state index contributed by atoms with van der Waals surface area (Å²) in [4.78, 5) is 40.9. The highest BCUT2D eigenvalue weighted by atomic mass is 16.2. The molecule has 3 amide bonds. The number of pyridine rings is 1. The van der Waals surface area contributed by atoms with Crippen LogP contribution < -0.4 is 16.6 Å². The fraction of sp³-hybridized carbons (Fsp3) is 0.333. The molecule has 2 heterocycles. The molecule has 0 saturated carbocycles. The zero-order valence-electron chi connectivity index (χ0n) is 10.9. The SMILES string of the molecule is CCC1C(=O)NC(=O)CN1C(=O)c1cccnc1NN. The maximum atomic E-state index is 12.5. The average Bonchev–Trinajstić information content (AvgIpc) is 2.45. The van der Waals surface area contributed by atoms with Gasteiger partial charge in [-0.3, -0.25) is 19.7 Å². The molecule has 0 spiro atoms. The van der Waals surface area contributed by atoms with Crippen molar-refractivity contribution in [3.8, 4) is 0 Å². The third kappa shape index (κ3) is 2.45. The lowest BCUT2D eigenvalue weighted by atomic mass is 10.1. The molecule has 0 bridgehead atoms. The van der Waals surface area contributed by atoms with Crippen LogP contribution in [0.2, 0.25) is 0 Å². The second-order valence-electron chi connectivity index (χ2n) is 4.31. The molecule has 20 heavy (non-hydrogen) atoms. The zero-order valence-corrected chi connectivity index (χ0v) is 10.9. The van der Waals surface area contributed by atoms with Crippen molar-refractivity contribution in [2.24, 2.45) is 5.84 Å². The Morgan fingerprint density at radius 1 is 1.60 bits per heavy atom. The molecule has 1 aliphatic heterocycles. The summed E-state index contributed by atoms with van der Waals surface area (Å²) in [5, 5.41) is 2.22. The number of carbonyl (C=O) groups excluding carboxylic acids is 3. The number of hydrogen-bond acceptors (Lipinski definition) is 6. The molecule has 0 aliphatic carbocycles. The van der Waals surface area contributed by atoms with Gasteiger partial charge in [-0.1, -0.05) is 6.92 Å². The fourth-order valence-electron chi connectivity index (χ4n) is 2.13. The molecule has 4 N–H and O–H groups in total. The molecule has 1 aromatic heterocycles. The number of nitrogens with one attached hydrogen (secondary N) is 2. The van der Waals surface area contributed by atoms with Gasteiger partial charge in [-0.25, -0.2) is 10.8 Å². The Labute approximate surface area is 115 Å². The van der Waals surface area contributed by atoms with Gasteiger partial charge in [0, 0.05) is 6.20 Å². The van der Waals surface area contributed by atoms with Crippen molar-refractivity contribution >= 4 is 23.5 Å². The van der Waals surface area contributed by atoms with Crippen LogP contribution in [0.1, 0.15) is 23.7 Å². The van der Waals surface area contributed by atoms with E-state index in [1.165, 1.54) is 17.2 Å². The average molecular weight is 277 g/mol. The van der Waals surface area contributed by atoms with Crippen LogP contribution in [-0.4, -0.2) is 40.2 Å². The van der Waals surface area contributed by atoms with Crippen molar-refractivity contribution in [1.82, 2.24) is 15.2 Å². The first-order chi connectivity index (χ1) is 9.58. The van der Waals surface area contributed by atoms with Gasteiger partial charge in [0.25, 0.3) is 5.91 Å². The van der Waals surface area contributed by atoms with E-state index < -0.39 is 23.8 Å². The Kier molecular flexibility index (Phi) is 3.94. The second-order valence-corrected chi connectivity index (χ2v) is 4.31. The minimum atomic E-state index is -0.675. The molecule has 2 rings (SSSR count). The number of anilines is 1. The van der Waals surface area contributed by atoms with E-state index in [1.54, 1.807) is 13.0 Å². The number of aromatic nitrogens is 1. The Morgan fingerprint density at radius 3 is 3.00 bits per heavy atom. The zero-order chi connectivity index (χ0) is 14.7. The lowest BCUT2D eigenvalue weighted by Gasteiger charge is -2.33. The Morgan fingerprint density at radius 2 is 2.35 bits per heavy atom. The first kappa shape index (κ1) is 13.9. The normalized spacial score (nSPS) is 18.7. The van der Waals surface area contributed by atoms with Crippen LogP contribution in [0.4, 0.5) is 5.82 Å². The quantitative estimate of drug-likeness (QED) is 0.380. The third-order valence-corrected chi connectivity index (χ3v) is 3.08. The molecule has 0 radical (unpaired) electrons. The van der Waals surface area contributed by atoms with Crippen LogP contribution in [0, 0.1) is 0 Å². The monoisotopic (exact) mass is 277 g/mol. The number of nitrogen functional groups attached to an aromatic ring is 1. The third-order valence-electron chi connectivity index (χ3n) is 3.08. The van der Waals surface area contributed by atoms with Gasteiger partial charge in [-0.05, 0) is 18.6 Å². The molecule has 1 unspecified atom stereocenters. The highest BCUT2D eigenvalue weighted by Gasteiger charge is 2.36. The van der Waals surface area contributed by atoms with Crippen LogP contribution in [-0.2, 0) is 9.59 Å². The number of hydrazine groups is 1. The van der Waals surface area contributed by atoms with Crippen LogP contribution in [0.3, 0.4) is 0 Å². The van der Waals surface area contributed by atoms with E-state index in [1.807, 2.05) is 0 Å². The molecule has 1 atom stereocenters. The lowest BCUT2D eigenvalue weighted by molar-refractivity contribution is -0.138. The fourth-order valence-corrected chi connectivity index (χ4v) is 2.13. The minimum absolute atomic E-state index is 0.165. The first-order valence-corrected chi connectivity index (χ1v) is 6.14. The molecular formula is C12H15N5O3. The topological polar surface area (TPSA) is 117 Å². The lowest BCUT2D eigenvalue weighted by Crippen LogP contribution is -2.59. The number of amides is 3. The van der Waals surface area contributed by atoms with Crippen molar-refractivity contribution in [1.29, 1.82) is 0 Å². The summed E-state index contributed by atoms with van der Waals surface area (Å²) in [6.45, 7) is 1.60. The summed E-state index contributed by atoms with van der Waals surface area (Å²) in [5.74, 6) is 4.08. The Bertz CT molecular complexity index is 560. The number of hydrogen-bond donors (Lipinski definition) is 3. The number of rotatable bonds is 3. The minimum Gasteiger partial charge on any atom is -0.317 e. The van der Waals surface area contributed by atoms with Gasteiger partial charge in [0.15, 0.2) is 5.82 Å². The number of nitrogens with two attached hydrogens (primary N) is 1. The van der Waals surface area contributed by atoms with Gasteiger partial charge in [-0.15, -0.1) is 0 Å². The number of carbonyl (C=O) groups is 3. The molecule has 106 valence electrons. The molecule has 8 heteroatoms. The summed E-state index contributed by atoms with van der Waals surface area (Å²) in [5.41, 5.74) is 2.55. The predicted octanol–water partition coefficient (Wildman–Crippen LogP) is -0.756. The van der Waals surface area contributed by atoms with Gasteiger partial charge < -0.3 is 10.3 Å². The standard InChI is InChI=1S/C12H15N5O3/c1-2-8-11(19)15-9(18)6-17(8)12(20)7-4-3-5-14-10(7)16-13/h3-5,8H,2,6,13H2,1H3,(H,14,16)(H,15,18,19).